The van der Waals surface area contributed by atoms with Crippen molar-refractivity contribution in [1.82, 2.24) is 15.1 Å². The number of nitrogens with one attached hydrogen (secondary N) is 1. The van der Waals surface area contributed by atoms with Gasteiger partial charge in [0.15, 0.2) is 0 Å². The van der Waals surface area contributed by atoms with Gasteiger partial charge in [-0.2, -0.15) is 5.10 Å². The maximum atomic E-state index is 13.1. The topological polar surface area (TPSA) is 58.2 Å². The van der Waals surface area contributed by atoms with E-state index in [1.807, 2.05) is 18.7 Å². The van der Waals surface area contributed by atoms with Crippen LogP contribution in [0.3, 0.4) is 0 Å². The number of aromatic amines is 1. The first-order chi connectivity index (χ1) is 11.6. The molecular formula is C18H23N3O2S. The first-order valence-corrected chi connectivity index (χ1v) is 9.49. The molecule has 0 radical (unpaired) electrons. The second kappa shape index (κ2) is 6.01. The minimum Gasteiger partial charge on any atom is -0.365 e. The van der Waals surface area contributed by atoms with Gasteiger partial charge in [-0.05, 0) is 50.7 Å². The smallest absolute Gasteiger partial charge is 0.255 e. The monoisotopic (exact) mass is 345 g/mol. The van der Waals surface area contributed by atoms with Crippen molar-refractivity contribution in [2.75, 3.05) is 19.7 Å². The summed E-state index contributed by atoms with van der Waals surface area (Å²) >= 11 is 1.75. The highest BCUT2D eigenvalue weighted by Gasteiger charge is 2.39. The summed E-state index contributed by atoms with van der Waals surface area (Å²) in [6, 6.07) is 0. The third kappa shape index (κ3) is 2.58. The number of amides is 1. The number of aryl methyl sites for hydroxylation is 2. The Morgan fingerprint density at radius 2 is 2.25 bits per heavy atom. The first-order valence-electron chi connectivity index (χ1n) is 8.61. The van der Waals surface area contributed by atoms with Crippen LogP contribution >= 0.6 is 11.3 Å². The summed E-state index contributed by atoms with van der Waals surface area (Å²) in [7, 11) is 0. The molecule has 1 aliphatic heterocycles. The van der Waals surface area contributed by atoms with Gasteiger partial charge < -0.3 is 9.64 Å². The van der Waals surface area contributed by atoms with Crippen LogP contribution in [0.25, 0.3) is 0 Å². The van der Waals surface area contributed by atoms with Gasteiger partial charge in [-0.15, -0.1) is 11.3 Å². The van der Waals surface area contributed by atoms with E-state index < -0.39 is 5.60 Å². The zero-order chi connectivity index (χ0) is 16.7. The Labute approximate surface area is 146 Å². The maximum absolute atomic E-state index is 13.1. The van der Waals surface area contributed by atoms with Gasteiger partial charge in [-0.1, -0.05) is 0 Å². The van der Waals surface area contributed by atoms with E-state index >= 15 is 0 Å². The largest absolute Gasteiger partial charge is 0.365 e. The summed E-state index contributed by atoms with van der Waals surface area (Å²) in [5.74, 6) is 0.154. The molecule has 1 saturated heterocycles. The van der Waals surface area contributed by atoms with Crippen LogP contribution in [-0.4, -0.2) is 40.7 Å². The Bertz CT molecular complexity index is 766. The second-order valence-electron chi connectivity index (χ2n) is 6.99. The third-order valence-electron chi connectivity index (χ3n) is 5.21. The van der Waals surface area contributed by atoms with Gasteiger partial charge in [0.05, 0.1) is 30.6 Å². The number of thiophene rings is 1. The van der Waals surface area contributed by atoms with E-state index in [1.54, 1.807) is 17.5 Å². The highest BCUT2D eigenvalue weighted by Crippen LogP contribution is 2.34. The van der Waals surface area contributed by atoms with E-state index in [0.717, 1.165) is 29.7 Å². The van der Waals surface area contributed by atoms with E-state index in [4.69, 9.17) is 4.74 Å². The lowest BCUT2D eigenvalue weighted by Crippen LogP contribution is -2.51. The van der Waals surface area contributed by atoms with Crippen LogP contribution in [0.15, 0.2) is 11.6 Å². The Morgan fingerprint density at radius 3 is 3.04 bits per heavy atom. The van der Waals surface area contributed by atoms with Gasteiger partial charge in [0.25, 0.3) is 5.91 Å². The lowest BCUT2D eigenvalue weighted by molar-refractivity contribution is -0.0958. The van der Waals surface area contributed by atoms with Gasteiger partial charge in [0.2, 0.25) is 0 Å². The molecule has 0 aromatic carbocycles. The fraction of sp³-hybridized carbons (Fsp3) is 0.556. The Morgan fingerprint density at radius 1 is 1.42 bits per heavy atom. The maximum Gasteiger partial charge on any atom is 0.255 e. The predicted molar refractivity (Wildman–Crippen MR) is 93.5 cm³/mol. The summed E-state index contributed by atoms with van der Waals surface area (Å²) in [4.78, 5) is 16.5. The highest BCUT2D eigenvalue weighted by atomic mass is 32.1. The number of rotatable bonds is 2. The summed E-state index contributed by atoms with van der Waals surface area (Å²) in [5, 5.41) is 9.22. The number of ether oxygens (including phenoxy) is 1. The Kier molecular flexibility index (Phi) is 3.96. The van der Waals surface area contributed by atoms with Crippen LogP contribution in [0.4, 0.5) is 0 Å². The molecule has 1 aliphatic carbocycles. The number of aromatic nitrogens is 2. The molecule has 3 heterocycles. The molecule has 0 spiro atoms. The predicted octanol–water partition coefficient (Wildman–Crippen LogP) is 3.05. The van der Waals surface area contributed by atoms with Gasteiger partial charge in [0.1, 0.15) is 5.60 Å². The van der Waals surface area contributed by atoms with Crippen LogP contribution in [0.1, 0.15) is 51.8 Å². The molecule has 1 amide bonds. The standard InChI is InChI=1S/C18H23N3O2S/c1-12-9-19-20-16(12)18(2)11-21(7-8-23-18)17(22)14-10-24-15-6-4-3-5-13(14)15/h9-10H,3-8,11H2,1-2H3,(H,19,20). The minimum absolute atomic E-state index is 0.154. The van der Waals surface area contributed by atoms with E-state index in [2.05, 4.69) is 15.6 Å². The molecule has 1 fully saturated rings. The molecule has 2 aromatic heterocycles. The van der Waals surface area contributed by atoms with Gasteiger partial charge in [0, 0.05) is 16.8 Å². The van der Waals surface area contributed by atoms with Crippen molar-refractivity contribution in [3.8, 4) is 0 Å². The molecule has 1 atom stereocenters. The minimum atomic E-state index is -0.523. The molecule has 4 rings (SSSR count). The number of fused-ring (bicyclic) bond motifs is 1. The van der Waals surface area contributed by atoms with Gasteiger partial charge in [-0.25, -0.2) is 0 Å². The average molecular weight is 345 g/mol. The van der Waals surface area contributed by atoms with Crippen molar-refractivity contribution in [2.24, 2.45) is 0 Å². The molecule has 2 aliphatic rings. The van der Waals surface area contributed by atoms with Crippen molar-refractivity contribution >= 4 is 17.2 Å². The first kappa shape index (κ1) is 15.8. The Hall–Kier alpha value is -1.66. The summed E-state index contributed by atoms with van der Waals surface area (Å²) in [6.45, 7) is 5.80. The average Bonchev–Trinajstić information content (AvgIpc) is 3.20. The van der Waals surface area contributed by atoms with Gasteiger partial charge in [-0.3, -0.25) is 9.89 Å². The second-order valence-corrected chi connectivity index (χ2v) is 7.96. The molecule has 128 valence electrons. The van der Waals surface area contributed by atoms with Gasteiger partial charge >= 0.3 is 0 Å². The summed E-state index contributed by atoms with van der Waals surface area (Å²) in [5.41, 5.74) is 3.72. The number of hydrogen-bond donors (Lipinski definition) is 1. The van der Waals surface area contributed by atoms with E-state index in [0.29, 0.717) is 19.7 Å². The molecule has 0 saturated carbocycles. The van der Waals surface area contributed by atoms with Crippen LogP contribution in [0, 0.1) is 6.92 Å². The van der Waals surface area contributed by atoms with Crippen molar-refractivity contribution in [1.29, 1.82) is 0 Å². The molecule has 24 heavy (non-hydrogen) atoms. The number of hydrogen-bond acceptors (Lipinski definition) is 4. The molecular weight excluding hydrogens is 322 g/mol. The molecule has 5 nitrogen and oxygen atoms in total. The fourth-order valence-electron chi connectivity index (χ4n) is 3.92. The van der Waals surface area contributed by atoms with Crippen molar-refractivity contribution < 1.29 is 9.53 Å². The third-order valence-corrected chi connectivity index (χ3v) is 6.30. The molecule has 6 heteroatoms. The lowest BCUT2D eigenvalue weighted by Gasteiger charge is -2.40. The SMILES string of the molecule is Cc1cn[nH]c1C1(C)CN(C(=O)c2csc3c2CCCC3)CCO1. The van der Waals surface area contributed by atoms with E-state index in [1.165, 1.54) is 23.3 Å². The molecule has 1 N–H and O–H groups in total. The number of morpholine rings is 1. The fourth-order valence-corrected chi connectivity index (χ4v) is 5.04. The molecule has 2 aromatic rings. The number of carbonyl (C=O) groups excluding carboxylic acids is 1. The Balaban J connectivity index is 1.59. The molecule has 1 unspecified atom stereocenters. The zero-order valence-electron chi connectivity index (χ0n) is 14.2. The van der Waals surface area contributed by atoms with Crippen molar-refractivity contribution in [2.45, 2.75) is 45.1 Å². The number of nitrogens with zero attached hydrogens (tertiary/aromatic N) is 2. The van der Waals surface area contributed by atoms with Crippen molar-refractivity contribution in [3.63, 3.8) is 0 Å². The van der Waals surface area contributed by atoms with Crippen LogP contribution in [0.5, 0.6) is 0 Å². The van der Waals surface area contributed by atoms with Crippen molar-refractivity contribution in [3.05, 3.63) is 38.8 Å². The summed E-state index contributed by atoms with van der Waals surface area (Å²) < 4.78 is 6.04. The normalized spacial score (nSPS) is 24.0. The van der Waals surface area contributed by atoms with E-state index in [-0.39, 0.29) is 5.91 Å². The van der Waals surface area contributed by atoms with Crippen LogP contribution < -0.4 is 0 Å². The lowest BCUT2D eigenvalue weighted by atomic mass is 9.94. The summed E-state index contributed by atoms with van der Waals surface area (Å²) in [6.07, 6.45) is 6.41. The van der Waals surface area contributed by atoms with E-state index in [9.17, 15) is 4.79 Å². The molecule has 0 bridgehead atoms. The highest BCUT2D eigenvalue weighted by molar-refractivity contribution is 7.10. The zero-order valence-corrected chi connectivity index (χ0v) is 15.0. The number of carbonyl (C=O) groups is 1. The quantitative estimate of drug-likeness (QED) is 0.910. The van der Waals surface area contributed by atoms with Crippen LogP contribution in [-0.2, 0) is 23.2 Å². The number of H-pyrrole nitrogens is 1. The van der Waals surface area contributed by atoms with Crippen LogP contribution in [0.2, 0.25) is 0 Å².